The highest BCUT2D eigenvalue weighted by molar-refractivity contribution is 6.33. The molecule has 0 atom stereocenters. The molecule has 0 aliphatic heterocycles. The third-order valence-corrected chi connectivity index (χ3v) is 10.3. The molecule has 7 aromatic rings. The molecule has 12 nitrogen and oxygen atoms in total. The largest absolute Gasteiger partial charge is 0.492 e. The summed E-state index contributed by atoms with van der Waals surface area (Å²) >= 11 is 12.7. The monoisotopic (exact) mass is 792 g/mol. The van der Waals surface area contributed by atoms with Gasteiger partial charge in [0.25, 0.3) is 5.56 Å². The van der Waals surface area contributed by atoms with Crippen molar-refractivity contribution in [1.29, 1.82) is 0 Å². The lowest BCUT2D eigenvalue weighted by atomic mass is 10.0. The Kier molecular flexibility index (Phi) is 10.7. The maximum atomic E-state index is 12.8. The maximum Gasteiger partial charge on any atom is 0.338 e. The van der Waals surface area contributed by atoms with Gasteiger partial charge in [0.2, 0.25) is 0 Å². The normalized spacial score (nSPS) is 13.8. The number of aromatic nitrogens is 6. The number of halogens is 2. The average Bonchev–Trinajstić information content (AvgIpc) is 4.13. The molecule has 3 aromatic heterocycles. The van der Waals surface area contributed by atoms with Crippen LogP contribution in [0.25, 0.3) is 32.6 Å². The van der Waals surface area contributed by atoms with E-state index in [1.54, 1.807) is 58.9 Å². The van der Waals surface area contributed by atoms with Crippen LogP contribution in [-0.2, 0) is 17.8 Å². The molecule has 14 heteroatoms. The first-order chi connectivity index (χ1) is 27.2. The molecule has 286 valence electrons. The summed E-state index contributed by atoms with van der Waals surface area (Å²) in [5, 5.41) is 20.1. The Morgan fingerprint density at radius 1 is 0.768 bits per heavy atom. The van der Waals surface area contributed by atoms with E-state index in [4.69, 9.17) is 37.4 Å². The van der Waals surface area contributed by atoms with Crippen LogP contribution in [-0.4, -0.2) is 61.3 Å². The minimum Gasteiger partial charge on any atom is -0.492 e. The van der Waals surface area contributed by atoms with Crippen molar-refractivity contribution in [3.63, 3.8) is 0 Å². The first-order valence-electron chi connectivity index (χ1n) is 18.6. The smallest absolute Gasteiger partial charge is 0.338 e. The fraction of sp³-hybridized carbons (Fsp3) is 0.286. The van der Waals surface area contributed by atoms with Gasteiger partial charge in [0, 0.05) is 34.1 Å². The zero-order valence-corrected chi connectivity index (χ0v) is 32.1. The van der Waals surface area contributed by atoms with Crippen LogP contribution in [0.5, 0.6) is 11.5 Å². The Hall–Kier alpha value is -5.72. The van der Waals surface area contributed by atoms with Crippen molar-refractivity contribution in [2.24, 2.45) is 11.8 Å². The summed E-state index contributed by atoms with van der Waals surface area (Å²) < 4.78 is 20.1. The van der Waals surface area contributed by atoms with Gasteiger partial charge in [-0.1, -0.05) is 59.6 Å². The molecule has 0 saturated heterocycles. The second kappa shape index (κ2) is 16.2. The number of nitrogens with one attached hydrogen (secondary N) is 1. The second-order valence-corrected chi connectivity index (χ2v) is 14.9. The Bertz CT molecular complexity index is 2640. The van der Waals surface area contributed by atoms with E-state index in [1.165, 1.54) is 25.7 Å². The topological polar surface area (TPSA) is 143 Å². The molecule has 2 aliphatic rings. The Balaban J connectivity index is 0.000000158. The average molecular weight is 794 g/mol. The zero-order chi connectivity index (χ0) is 38.8. The molecule has 3 heterocycles. The molecule has 2 fully saturated rings. The SMILES string of the molecule is CCOC(=O)c1ccccc1C(=O)Cn1cc2cc(OCC3CC3)c(Cl)cc2n1.O=c1[nH]nc(Cn2cc3cc(OCC4CC4)c(Cl)cc3n2)c2ccccc12. The standard InChI is InChI=1S/C22H21ClN2O4.C20H17ClN4O2/c1-2-28-22(27)17-6-4-3-5-16(17)20(26)12-25-11-15-9-21(29-13-14-7-8-14)18(23)10-19(15)24-25;21-16-8-17-13(7-19(16)27-11-12-5-6-12)9-25(24-17)10-18-14-3-1-2-4-15(14)20(26)23-22-18/h3-6,9-11,14H,2,7-8,12-13H2,1H3;1-4,7-9,12H,5-6,10-11H2,(H,23,26). The van der Waals surface area contributed by atoms with Crippen molar-refractivity contribution >= 4 is 67.5 Å². The van der Waals surface area contributed by atoms with E-state index >= 15 is 0 Å². The van der Waals surface area contributed by atoms with Gasteiger partial charge in [-0.3, -0.25) is 19.0 Å². The van der Waals surface area contributed by atoms with Crippen LogP contribution in [0.1, 0.15) is 59.0 Å². The van der Waals surface area contributed by atoms with E-state index < -0.39 is 5.97 Å². The molecule has 0 bridgehead atoms. The molecule has 0 radical (unpaired) electrons. The fourth-order valence-corrected chi connectivity index (χ4v) is 6.74. The molecule has 4 aromatic carbocycles. The van der Waals surface area contributed by atoms with Crippen molar-refractivity contribution in [1.82, 2.24) is 29.8 Å². The summed E-state index contributed by atoms with van der Waals surface area (Å²) in [6, 6.07) is 21.4. The number of H-pyrrole nitrogens is 1. The van der Waals surface area contributed by atoms with Gasteiger partial charge in [0.1, 0.15) is 18.0 Å². The lowest BCUT2D eigenvalue weighted by Crippen LogP contribution is -2.16. The first kappa shape index (κ1) is 37.2. The van der Waals surface area contributed by atoms with Gasteiger partial charge in [-0.15, -0.1) is 0 Å². The number of Topliss-reactive ketones (excluding diaryl/α,β-unsaturated/α-hetero) is 1. The van der Waals surface area contributed by atoms with Crippen LogP contribution in [0.15, 0.2) is 90.0 Å². The van der Waals surface area contributed by atoms with Crippen molar-refractivity contribution < 1.29 is 23.8 Å². The summed E-state index contributed by atoms with van der Waals surface area (Å²) in [7, 11) is 0. The third-order valence-electron chi connectivity index (χ3n) is 9.67. The van der Waals surface area contributed by atoms with Gasteiger partial charge in [-0.2, -0.15) is 15.3 Å². The molecular weight excluding hydrogens is 755 g/mol. The molecular formula is C42H38Cl2N6O6. The van der Waals surface area contributed by atoms with Gasteiger partial charge in [-0.05, 0) is 80.8 Å². The van der Waals surface area contributed by atoms with Gasteiger partial charge < -0.3 is 14.2 Å². The highest BCUT2D eigenvalue weighted by atomic mass is 35.5. The number of carbonyl (C=O) groups is 2. The summed E-state index contributed by atoms with van der Waals surface area (Å²) in [4.78, 5) is 36.9. The Labute approximate surface area is 331 Å². The minimum absolute atomic E-state index is 0.000974. The lowest BCUT2D eigenvalue weighted by molar-refractivity contribution is 0.0522. The van der Waals surface area contributed by atoms with Crippen LogP contribution in [0.4, 0.5) is 0 Å². The molecule has 0 unspecified atom stereocenters. The van der Waals surface area contributed by atoms with Crippen LogP contribution < -0.4 is 15.0 Å². The fourth-order valence-electron chi connectivity index (χ4n) is 6.31. The van der Waals surface area contributed by atoms with E-state index in [0.717, 1.165) is 27.4 Å². The maximum absolute atomic E-state index is 12.8. The van der Waals surface area contributed by atoms with E-state index in [9.17, 15) is 14.4 Å². The lowest BCUT2D eigenvalue weighted by Gasteiger charge is -2.08. The summed E-state index contributed by atoms with van der Waals surface area (Å²) in [5.41, 5.74) is 2.62. The number of ether oxygens (including phenoxy) is 3. The summed E-state index contributed by atoms with van der Waals surface area (Å²) in [6.45, 7) is 3.81. The zero-order valence-electron chi connectivity index (χ0n) is 30.5. The number of nitrogens with zero attached hydrogens (tertiary/aromatic N) is 5. The number of hydrogen-bond acceptors (Lipinski definition) is 9. The van der Waals surface area contributed by atoms with Crippen molar-refractivity contribution in [3.05, 3.63) is 122 Å². The number of aromatic amines is 1. The first-order valence-corrected chi connectivity index (χ1v) is 19.3. The number of fused-ring (bicyclic) bond motifs is 3. The quantitative estimate of drug-likeness (QED) is 0.0901. The molecule has 2 saturated carbocycles. The minimum atomic E-state index is -0.508. The Morgan fingerprint density at radius 3 is 1.93 bits per heavy atom. The number of carbonyl (C=O) groups excluding carboxylic acids is 2. The second-order valence-electron chi connectivity index (χ2n) is 14.1. The van der Waals surface area contributed by atoms with Crippen molar-refractivity contribution in [3.8, 4) is 11.5 Å². The van der Waals surface area contributed by atoms with Gasteiger partial charge in [-0.25, -0.2) is 9.89 Å². The summed E-state index contributed by atoms with van der Waals surface area (Å²) in [6.07, 6.45) is 8.59. The highest BCUT2D eigenvalue weighted by Crippen LogP contribution is 2.35. The highest BCUT2D eigenvalue weighted by Gasteiger charge is 2.24. The molecule has 9 rings (SSSR count). The predicted octanol–water partition coefficient (Wildman–Crippen LogP) is 8.30. The number of rotatable bonds is 13. The van der Waals surface area contributed by atoms with Crippen molar-refractivity contribution in [2.45, 2.75) is 45.7 Å². The molecule has 0 spiro atoms. The Morgan fingerprint density at radius 2 is 1.32 bits per heavy atom. The van der Waals surface area contributed by atoms with E-state index in [1.807, 2.05) is 42.6 Å². The predicted molar refractivity (Wildman–Crippen MR) is 214 cm³/mol. The van der Waals surface area contributed by atoms with Gasteiger partial charge in [0.05, 0.1) is 64.1 Å². The van der Waals surface area contributed by atoms with Gasteiger partial charge in [0.15, 0.2) is 5.78 Å². The van der Waals surface area contributed by atoms with Crippen LogP contribution in [0.2, 0.25) is 10.0 Å². The van der Waals surface area contributed by atoms with Crippen LogP contribution >= 0.6 is 23.2 Å². The molecule has 2 aliphatic carbocycles. The number of ketones is 1. The molecule has 0 amide bonds. The van der Waals surface area contributed by atoms with Gasteiger partial charge >= 0.3 is 5.97 Å². The summed E-state index contributed by atoms with van der Waals surface area (Å²) in [5.74, 6) is 1.89. The number of esters is 1. The van der Waals surface area contributed by atoms with Crippen LogP contribution in [0.3, 0.4) is 0 Å². The number of hydrogen-bond donors (Lipinski definition) is 1. The van der Waals surface area contributed by atoms with Crippen molar-refractivity contribution in [2.75, 3.05) is 19.8 Å². The van der Waals surface area contributed by atoms with E-state index in [0.29, 0.717) is 69.6 Å². The van der Waals surface area contributed by atoms with Crippen LogP contribution in [0, 0.1) is 11.8 Å². The van der Waals surface area contributed by atoms with E-state index in [-0.39, 0.29) is 30.1 Å². The number of benzene rings is 4. The third kappa shape index (κ3) is 8.56. The van der Waals surface area contributed by atoms with E-state index in [2.05, 4.69) is 20.4 Å². The molecule has 1 N–H and O–H groups in total. The molecule has 56 heavy (non-hydrogen) atoms.